The summed E-state index contributed by atoms with van der Waals surface area (Å²) in [6.45, 7) is 2.25. The van der Waals surface area contributed by atoms with Crippen LogP contribution in [-0.2, 0) is 16.1 Å². The molecule has 0 bridgehead atoms. The number of benzene rings is 2. The highest BCUT2D eigenvalue weighted by atomic mass is 19.1. The van der Waals surface area contributed by atoms with Crippen molar-refractivity contribution in [2.24, 2.45) is 0 Å². The first kappa shape index (κ1) is 27.8. The Bertz CT molecular complexity index is 1320. The molecule has 2 aromatic carbocycles. The molecule has 2 heterocycles. The van der Waals surface area contributed by atoms with Gasteiger partial charge in [0.2, 0.25) is 11.8 Å². The summed E-state index contributed by atoms with van der Waals surface area (Å²) in [6, 6.07) is 20.8. The summed E-state index contributed by atoms with van der Waals surface area (Å²) in [5.41, 5.74) is 2.13. The summed E-state index contributed by atoms with van der Waals surface area (Å²) >= 11 is 0. The van der Waals surface area contributed by atoms with Crippen molar-refractivity contribution in [3.8, 4) is 16.9 Å². The quantitative estimate of drug-likeness (QED) is 0.178. The third kappa shape index (κ3) is 8.14. The molecule has 0 unspecified atom stereocenters. The number of anilines is 1. The van der Waals surface area contributed by atoms with Crippen LogP contribution in [0.2, 0.25) is 0 Å². The molecule has 4 rings (SSSR count). The highest BCUT2D eigenvalue weighted by Gasteiger charge is 2.20. The Balaban J connectivity index is 1.49. The van der Waals surface area contributed by atoms with Gasteiger partial charge in [0.15, 0.2) is 0 Å². The van der Waals surface area contributed by atoms with Crippen LogP contribution in [0.3, 0.4) is 0 Å². The highest BCUT2D eigenvalue weighted by molar-refractivity contribution is 5.94. The van der Waals surface area contributed by atoms with E-state index in [1.807, 2.05) is 30.3 Å². The van der Waals surface area contributed by atoms with Crippen molar-refractivity contribution < 1.29 is 18.4 Å². The molecule has 0 aliphatic carbocycles. The van der Waals surface area contributed by atoms with E-state index in [9.17, 15) is 14.0 Å². The van der Waals surface area contributed by atoms with Crippen molar-refractivity contribution in [1.82, 2.24) is 14.7 Å². The second-order valence-corrected chi connectivity index (χ2v) is 9.56. The fraction of sp³-hybridized carbons (Fsp3) is 0.323. The number of aromatic nitrogens is 2. The van der Waals surface area contributed by atoms with Crippen molar-refractivity contribution in [3.05, 3.63) is 90.6 Å². The Morgan fingerprint density at radius 2 is 1.69 bits per heavy atom. The van der Waals surface area contributed by atoms with E-state index in [0.29, 0.717) is 29.4 Å². The van der Waals surface area contributed by atoms with Gasteiger partial charge >= 0.3 is 0 Å². The summed E-state index contributed by atoms with van der Waals surface area (Å²) < 4.78 is 20.6. The summed E-state index contributed by atoms with van der Waals surface area (Å²) in [5.74, 6) is 0.223. The molecule has 8 heteroatoms. The lowest BCUT2D eigenvalue weighted by Gasteiger charge is -2.21. The van der Waals surface area contributed by atoms with Gasteiger partial charge in [0, 0.05) is 18.1 Å². The number of nitrogens with one attached hydrogen (secondary N) is 1. The van der Waals surface area contributed by atoms with E-state index in [2.05, 4.69) is 17.3 Å². The van der Waals surface area contributed by atoms with Gasteiger partial charge in [-0.1, -0.05) is 69.4 Å². The van der Waals surface area contributed by atoms with Crippen LogP contribution in [-0.4, -0.2) is 33.0 Å². The van der Waals surface area contributed by atoms with Gasteiger partial charge in [-0.15, -0.1) is 0 Å². The number of unbranched alkanes of at least 4 members (excludes halogenated alkanes) is 5. The fourth-order valence-electron chi connectivity index (χ4n) is 4.39. The maximum absolute atomic E-state index is 13.6. The Kier molecular flexibility index (Phi) is 10.1. The van der Waals surface area contributed by atoms with Gasteiger partial charge < -0.3 is 14.6 Å². The van der Waals surface area contributed by atoms with Gasteiger partial charge in [0.05, 0.1) is 24.2 Å². The fourth-order valence-corrected chi connectivity index (χ4v) is 4.39. The van der Waals surface area contributed by atoms with E-state index < -0.39 is 0 Å². The van der Waals surface area contributed by atoms with E-state index >= 15 is 0 Å². The van der Waals surface area contributed by atoms with Crippen LogP contribution in [0.15, 0.2) is 83.5 Å². The lowest BCUT2D eigenvalue weighted by atomic mass is 10.1. The number of hydrogen-bond donors (Lipinski definition) is 1. The molecule has 39 heavy (non-hydrogen) atoms. The van der Waals surface area contributed by atoms with Crippen LogP contribution < -0.4 is 5.32 Å². The minimum absolute atomic E-state index is 0.0888. The molecule has 0 spiro atoms. The van der Waals surface area contributed by atoms with Crippen LogP contribution in [0.25, 0.3) is 16.9 Å². The van der Waals surface area contributed by atoms with Gasteiger partial charge in [-0.3, -0.25) is 9.59 Å². The first-order valence-corrected chi connectivity index (χ1v) is 13.5. The number of amides is 2. The second-order valence-electron chi connectivity index (χ2n) is 9.56. The summed E-state index contributed by atoms with van der Waals surface area (Å²) in [7, 11) is 0. The molecular weight excluding hydrogens is 495 g/mol. The Labute approximate surface area is 228 Å². The number of halogens is 1. The predicted molar refractivity (Wildman–Crippen MR) is 150 cm³/mol. The molecule has 0 atom stereocenters. The maximum atomic E-state index is 13.6. The lowest BCUT2D eigenvalue weighted by Crippen LogP contribution is -2.37. The van der Waals surface area contributed by atoms with Crippen molar-refractivity contribution in [2.45, 2.75) is 58.4 Å². The SMILES string of the molecule is CCCCCCCCC(=O)N(CC(=O)Nc1cc(-c2ccccc2)nn1-c1ccc(F)cc1)Cc1ccco1. The molecule has 1 N–H and O–H groups in total. The Morgan fingerprint density at radius 3 is 2.41 bits per heavy atom. The van der Waals surface area contributed by atoms with Gasteiger partial charge in [-0.2, -0.15) is 5.10 Å². The molecule has 0 aliphatic heterocycles. The van der Waals surface area contributed by atoms with Gasteiger partial charge in [0.25, 0.3) is 0 Å². The number of nitrogens with zero attached hydrogens (tertiary/aromatic N) is 3. The van der Waals surface area contributed by atoms with Crippen LogP contribution in [0, 0.1) is 5.82 Å². The van der Waals surface area contributed by atoms with E-state index in [-0.39, 0.29) is 30.7 Å². The third-order valence-electron chi connectivity index (χ3n) is 6.48. The Hall–Kier alpha value is -4.20. The summed E-state index contributed by atoms with van der Waals surface area (Å²) in [6.07, 6.45) is 8.39. The number of furan rings is 1. The lowest BCUT2D eigenvalue weighted by molar-refractivity contribution is -0.135. The predicted octanol–water partition coefficient (Wildman–Crippen LogP) is 6.99. The average Bonchev–Trinajstić information content (AvgIpc) is 3.61. The van der Waals surface area contributed by atoms with Crippen molar-refractivity contribution in [2.75, 3.05) is 11.9 Å². The molecule has 0 saturated heterocycles. The highest BCUT2D eigenvalue weighted by Crippen LogP contribution is 2.25. The zero-order chi connectivity index (χ0) is 27.5. The van der Waals surface area contributed by atoms with Crippen molar-refractivity contribution in [1.29, 1.82) is 0 Å². The molecule has 0 fully saturated rings. The van der Waals surface area contributed by atoms with Gasteiger partial charge in [-0.05, 0) is 42.8 Å². The van der Waals surface area contributed by atoms with Crippen molar-refractivity contribution in [3.63, 3.8) is 0 Å². The van der Waals surface area contributed by atoms with E-state index in [1.54, 1.807) is 41.3 Å². The number of rotatable bonds is 14. The Morgan fingerprint density at radius 1 is 0.949 bits per heavy atom. The van der Waals surface area contributed by atoms with E-state index in [0.717, 1.165) is 24.8 Å². The zero-order valence-electron chi connectivity index (χ0n) is 22.3. The number of carbonyl (C=O) groups is 2. The first-order valence-electron chi connectivity index (χ1n) is 13.5. The van der Waals surface area contributed by atoms with E-state index in [1.165, 1.54) is 36.3 Å². The summed E-state index contributed by atoms with van der Waals surface area (Å²) in [4.78, 5) is 27.9. The standard InChI is InChI=1S/C31H35FN4O3/c1-2-3-4-5-6-10-15-31(38)35(22-27-14-11-20-39-27)23-30(37)33-29-21-28(24-12-8-7-9-13-24)34-36(29)26-18-16-25(32)17-19-26/h7-9,11-14,16-21H,2-6,10,15,22-23H2,1H3,(H,33,37). The molecule has 7 nitrogen and oxygen atoms in total. The number of carbonyl (C=O) groups excluding carboxylic acids is 2. The van der Waals surface area contributed by atoms with Crippen LogP contribution >= 0.6 is 0 Å². The topological polar surface area (TPSA) is 80.4 Å². The van der Waals surface area contributed by atoms with Crippen LogP contribution in [0.1, 0.15) is 57.6 Å². The molecule has 204 valence electrons. The van der Waals surface area contributed by atoms with Crippen molar-refractivity contribution >= 4 is 17.6 Å². The smallest absolute Gasteiger partial charge is 0.245 e. The molecule has 2 amide bonds. The maximum Gasteiger partial charge on any atom is 0.245 e. The summed E-state index contributed by atoms with van der Waals surface area (Å²) in [5, 5.41) is 7.58. The van der Waals surface area contributed by atoms with Crippen LogP contribution in [0.5, 0.6) is 0 Å². The van der Waals surface area contributed by atoms with Crippen LogP contribution in [0.4, 0.5) is 10.2 Å². The number of hydrogen-bond acceptors (Lipinski definition) is 4. The molecule has 2 aromatic heterocycles. The molecule has 0 radical (unpaired) electrons. The molecule has 0 saturated carbocycles. The minimum atomic E-state index is -0.364. The zero-order valence-corrected chi connectivity index (χ0v) is 22.3. The molecule has 4 aromatic rings. The second kappa shape index (κ2) is 14.1. The molecular formula is C31H35FN4O3. The largest absolute Gasteiger partial charge is 0.467 e. The normalized spacial score (nSPS) is 10.9. The monoisotopic (exact) mass is 530 g/mol. The van der Waals surface area contributed by atoms with E-state index in [4.69, 9.17) is 4.42 Å². The third-order valence-corrected chi connectivity index (χ3v) is 6.48. The average molecular weight is 531 g/mol. The molecule has 0 aliphatic rings. The first-order chi connectivity index (χ1) is 19.0. The van der Waals surface area contributed by atoms with Gasteiger partial charge in [0.1, 0.15) is 23.9 Å². The minimum Gasteiger partial charge on any atom is -0.467 e. The van der Waals surface area contributed by atoms with Gasteiger partial charge in [-0.25, -0.2) is 9.07 Å².